The van der Waals surface area contributed by atoms with E-state index in [1.54, 1.807) is 24.4 Å². The summed E-state index contributed by atoms with van der Waals surface area (Å²) in [5, 5.41) is 11.2. The van der Waals surface area contributed by atoms with Crippen molar-refractivity contribution in [1.29, 1.82) is 0 Å². The molecule has 0 bridgehead atoms. The summed E-state index contributed by atoms with van der Waals surface area (Å²) in [5.74, 6) is -0.711. The monoisotopic (exact) mass is 484 g/mol. The number of ether oxygens (including phenoxy) is 1. The number of fused-ring (bicyclic) bond motifs is 1. The maximum absolute atomic E-state index is 12.7. The molecule has 0 saturated carbocycles. The highest BCUT2D eigenvalue weighted by Gasteiger charge is 2.16. The number of nitrogens with zero attached hydrogens (tertiary/aromatic N) is 5. The number of rotatable bonds is 8. The number of allylic oxidation sites excluding steroid dienone is 1. The van der Waals surface area contributed by atoms with Crippen molar-refractivity contribution in [3.05, 3.63) is 82.7 Å². The van der Waals surface area contributed by atoms with Crippen LogP contribution in [0.15, 0.2) is 76.2 Å². The molecule has 0 unspecified atom stereocenters. The number of nitrogens with two attached hydrogens (primary N) is 1. The number of aromatic nitrogens is 1. The molecule has 34 heavy (non-hydrogen) atoms. The summed E-state index contributed by atoms with van der Waals surface area (Å²) in [6, 6.07) is 12.5. The number of halogens is 3. The molecule has 1 aromatic heterocycles. The summed E-state index contributed by atoms with van der Waals surface area (Å²) in [6.07, 6.45) is -1.21. The number of nitrogen functional groups attached to an aromatic ring is 1. The molecule has 0 saturated heterocycles. The van der Waals surface area contributed by atoms with Crippen LogP contribution in [0.1, 0.15) is 23.6 Å². The molecule has 10 heteroatoms. The second-order valence-electron chi connectivity index (χ2n) is 7.24. The number of alkyl halides is 2. The van der Waals surface area contributed by atoms with Crippen LogP contribution >= 0.6 is 11.6 Å². The maximum Gasteiger partial charge on any atom is 0.294 e. The zero-order chi connectivity index (χ0) is 24.8. The first kappa shape index (κ1) is 24.8. The Balaban J connectivity index is 1.80. The predicted octanol–water partition coefficient (Wildman–Crippen LogP) is 5.48. The highest BCUT2D eigenvalue weighted by molar-refractivity contribution is 6.31. The number of pyridine rings is 1. The Morgan fingerprint density at radius 2 is 1.94 bits per heavy atom. The quantitative estimate of drug-likeness (QED) is 0.198. The Morgan fingerprint density at radius 1 is 1.21 bits per heavy atom. The van der Waals surface area contributed by atoms with E-state index in [-0.39, 0.29) is 12.4 Å². The number of aliphatic imine (C=N–C) groups is 1. The molecule has 0 aliphatic carbocycles. The van der Waals surface area contributed by atoms with E-state index in [0.29, 0.717) is 27.5 Å². The van der Waals surface area contributed by atoms with Crippen LogP contribution in [-0.2, 0) is 11.3 Å². The first-order chi connectivity index (χ1) is 16.2. The van der Waals surface area contributed by atoms with Crippen LogP contribution in [-0.4, -0.2) is 41.9 Å². The van der Waals surface area contributed by atoms with E-state index in [9.17, 15) is 8.78 Å². The van der Waals surface area contributed by atoms with Gasteiger partial charge in [-0.15, -0.1) is 0 Å². The molecular formula is C24H23ClF2N6O. The van der Waals surface area contributed by atoms with Crippen molar-refractivity contribution in [1.82, 2.24) is 10.1 Å². The van der Waals surface area contributed by atoms with Crippen molar-refractivity contribution in [2.24, 2.45) is 15.2 Å². The Morgan fingerprint density at radius 3 is 2.59 bits per heavy atom. The number of hydrazone groups is 2. The van der Waals surface area contributed by atoms with Gasteiger partial charge in [0.15, 0.2) is 5.76 Å². The van der Waals surface area contributed by atoms with Gasteiger partial charge in [0.1, 0.15) is 0 Å². The minimum atomic E-state index is -2.82. The van der Waals surface area contributed by atoms with Crippen molar-refractivity contribution in [2.75, 3.05) is 12.8 Å². The summed E-state index contributed by atoms with van der Waals surface area (Å²) in [6.45, 7) is 8.85. The molecule has 0 spiro atoms. The van der Waals surface area contributed by atoms with E-state index in [1.165, 1.54) is 12.2 Å². The third kappa shape index (κ3) is 5.93. The summed E-state index contributed by atoms with van der Waals surface area (Å²) in [5.41, 5.74) is 9.93. The van der Waals surface area contributed by atoms with Gasteiger partial charge in [-0.1, -0.05) is 30.3 Å². The fourth-order valence-corrected chi connectivity index (χ4v) is 3.33. The van der Waals surface area contributed by atoms with Crippen LogP contribution in [0.4, 0.5) is 14.5 Å². The average Bonchev–Trinajstić information content (AvgIpc) is 2.82. The molecule has 0 atom stereocenters. The smallest absolute Gasteiger partial charge is 0.294 e. The van der Waals surface area contributed by atoms with Gasteiger partial charge in [0.2, 0.25) is 5.90 Å². The van der Waals surface area contributed by atoms with Gasteiger partial charge in [-0.25, -0.2) is 8.78 Å². The molecule has 0 aliphatic rings. The van der Waals surface area contributed by atoms with Gasteiger partial charge < -0.3 is 10.5 Å². The summed E-state index contributed by atoms with van der Waals surface area (Å²) in [7, 11) is 1.42. The van der Waals surface area contributed by atoms with Gasteiger partial charge in [0.25, 0.3) is 6.43 Å². The minimum absolute atomic E-state index is 0.0160. The topological polar surface area (TPSA) is 88.5 Å². The van der Waals surface area contributed by atoms with Gasteiger partial charge in [-0.05, 0) is 48.4 Å². The largest absolute Gasteiger partial charge is 0.438 e. The van der Waals surface area contributed by atoms with Crippen molar-refractivity contribution in [3.63, 3.8) is 0 Å². The molecule has 2 N–H and O–H groups in total. The fraction of sp³-hybridized carbons (Fsp3) is 0.167. The molecule has 3 rings (SSSR count). The zero-order valence-corrected chi connectivity index (χ0v) is 19.4. The Bertz CT molecular complexity index is 1290. The van der Waals surface area contributed by atoms with Gasteiger partial charge in [0, 0.05) is 29.7 Å². The third-order valence-electron chi connectivity index (χ3n) is 4.83. The Kier molecular flexibility index (Phi) is 7.91. The normalized spacial score (nSPS) is 12.2. The molecule has 0 radical (unpaired) electrons. The van der Waals surface area contributed by atoms with Crippen molar-refractivity contribution < 1.29 is 13.5 Å². The maximum atomic E-state index is 12.7. The number of hydrogen-bond acceptors (Lipinski definition) is 7. The lowest BCUT2D eigenvalue weighted by Crippen LogP contribution is -2.14. The van der Waals surface area contributed by atoms with E-state index in [4.69, 9.17) is 22.1 Å². The number of anilines is 1. The number of hydrogen-bond donors (Lipinski definition) is 1. The highest BCUT2D eigenvalue weighted by Crippen LogP contribution is 2.23. The molecule has 7 nitrogen and oxygen atoms in total. The molecule has 0 fully saturated rings. The van der Waals surface area contributed by atoms with E-state index in [0.717, 1.165) is 16.5 Å². The van der Waals surface area contributed by atoms with Gasteiger partial charge >= 0.3 is 0 Å². The lowest BCUT2D eigenvalue weighted by molar-refractivity contribution is 0.135. The Hall–Kier alpha value is -3.85. The van der Waals surface area contributed by atoms with Crippen LogP contribution in [0.5, 0.6) is 0 Å². The highest BCUT2D eigenvalue weighted by atomic mass is 35.5. The van der Waals surface area contributed by atoms with E-state index in [1.807, 2.05) is 31.2 Å². The van der Waals surface area contributed by atoms with E-state index >= 15 is 0 Å². The van der Waals surface area contributed by atoms with E-state index in [2.05, 4.69) is 33.5 Å². The lowest BCUT2D eigenvalue weighted by atomic mass is 10.1. The van der Waals surface area contributed by atoms with Gasteiger partial charge in [0.05, 0.1) is 29.7 Å². The van der Waals surface area contributed by atoms with Crippen molar-refractivity contribution >= 4 is 46.5 Å². The minimum Gasteiger partial charge on any atom is -0.438 e. The van der Waals surface area contributed by atoms with E-state index < -0.39 is 12.2 Å². The SMILES string of the molecule is C=NN(Cc1ccc(C(=NC)OC(=C)C(F)F)cc1Cl)/N=C(\C)c1ccc2ncc(N)cc2c1. The van der Waals surface area contributed by atoms with Crippen LogP contribution in [0.3, 0.4) is 0 Å². The summed E-state index contributed by atoms with van der Waals surface area (Å²) in [4.78, 5) is 8.19. The first-order valence-corrected chi connectivity index (χ1v) is 10.4. The van der Waals surface area contributed by atoms with Crippen LogP contribution in [0, 0.1) is 0 Å². The molecule has 1 heterocycles. The van der Waals surface area contributed by atoms with Crippen LogP contribution < -0.4 is 5.73 Å². The fourth-order valence-electron chi connectivity index (χ4n) is 3.08. The lowest BCUT2D eigenvalue weighted by Gasteiger charge is -2.16. The molecule has 2 aromatic carbocycles. The predicted molar refractivity (Wildman–Crippen MR) is 134 cm³/mol. The van der Waals surface area contributed by atoms with Crippen LogP contribution in [0.2, 0.25) is 5.02 Å². The second-order valence-corrected chi connectivity index (χ2v) is 7.64. The number of benzene rings is 2. The second kappa shape index (κ2) is 10.8. The molecule has 0 aliphatic heterocycles. The first-order valence-electron chi connectivity index (χ1n) is 10.1. The van der Waals surface area contributed by atoms with Crippen molar-refractivity contribution in [2.45, 2.75) is 19.9 Å². The average molecular weight is 485 g/mol. The third-order valence-corrected chi connectivity index (χ3v) is 5.19. The molecule has 3 aromatic rings. The standard InChI is InChI=1S/C24H23ClF2N6O/c1-14(16-7-8-22-19(9-16)10-20(28)12-31-22)32-33(30-4)13-18-6-5-17(11-21(18)25)24(29-3)34-15(2)23(26)27/h5-12,23H,2,4,13,28H2,1,3H3/b29-24?,32-14+. The Labute approximate surface area is 200 Å². The summed E-state index contributed by atoms with van der Waals surface area (Å²) >= 11 is 6.43. The van der Waals surface area contributed by atoms with Gasteiger partial charge in [-0.3, -0.25) is 9.98 Å². The molecular weight excluding hydrogens is 462 g/mol. The molecule has 0 amide bonds. The van der Waals surface area contributed by atoms with Crippen LogP contribution in [0.25, 0.3) is 10.9 Å². The zero-order valence-electron chi connectivity index (χ0n) is 18.7. The van der Waals surface area contributed by atoms with Crippen molar-refractivity contribution in [3.8, 4) is 0 Å². The molecule has 176 valence electrons. The summed E-state index contributed by atoms with van der Waals surface area (Å²) < 4.78 is 30.5. The van der Waals surface area contributed by atoms with Gasteiger partial charge in [-0.2, -0.15) is 15.3 Å².